The van der Waals surface area contributed by atoms with E-state index in [0.29, 0.717) is 6.42 Å². The number of nitrogens with one attached hydrogen (secondary N) is 1. The summed E-state index contributed by atoms with van der Waals surface area (Å²) in [5.41, 5.74) is 1.13. The van der Waals surface area contributed by atoms with Crippen LogP contribution in [0.5, 0.6) is 11.5 Å². The number of benzene rings is 1. The van der Waals surface area contributed by atoms with Crippen molar-refractivity contribution in [2.45, 2.75) is 32.4 Å². The van der Waals surface area contributed by atoms with Crippen molar-refractivity contribution in [2.75, 3.05) is 27.3 Å². The number of hydrogen-bond donors (Lipinski definition) is 1. The minimum Gasteiger partial charge on any atom is -0.493 e. The molecule has 1 atom stereocenters. The molecule has 1 saturated heterocycles. The molecule has 1 amide bonds. The van der Waals surface area contributed by atoms with E-state index in [1.807, 2.05) is 23.1 Å². The molecular formula is C16H24N2O3. The molecule has 5 nitrogen and oxygen atoms in total. The Morgan fingerprint density at radius 2 is 2.05 bits per heavy atom. The Hall–Kier alpha value is -1.75. The van der Waals surface area contributed by atoms with Crippen molar-refractivity contribution >= 4 is 5.91 Å². The Morgan fingerprint density at radius 3 is 2.67 bits per heavy atom. The molecule has 0 bridgehead atoms. The number of amides is 1. The number of rotatable bonds is 7. The minimum atomic E-state index is 0.264. The molecule has 5 heteroatoms. The van der Waals surface area contributed by atoms with E-state index in [1.54, 1.807) is 14.2 Å². The molecule has 116 valence electrons. The highest BCUT2D eigenvalue weighted by molar-refractivity contribution is 5.78. The van der Waals surface area contributed by atoms with Crippen molar-refractivity contribution in [1.82, 2.24) is 10.2 Å². The molecule has 1 aliphatic heterocycles. The maximum atomic E-state index is 11.6. The van der Waals surface area contributed by atoms with Crippen molar-refractivity contribution < 1.29 is 14.3 Å². The summed E-state index contributed by atoms with van der Waals surface area (Å²) in [7, 11) is 3.27. The smallest absolute Gasteiger partial charge is 0.222 e. The summed E-state index contributed by atoms with van der Waals surface area (Å²) in [5.74, 6) is 1.74. The average Bonchev–Trinajstić information content (AvgIpc) is 2.90. The van der Waals surface area contributed by atoms with Crippen molar-refractivity contribution in [2.24, 2.45) is 0 Å². The molecule has 1 aromatic carbocycles. The first kappa shape index (κ1) is 15.6. The Balaban J connectivity index is 1.86. The van der Waals surface area contributed by atoms with E-state index in [4.69, 9.17) is 9.47 Å². The lowest BCUT2D eigenvalue weighted by atomic mass is 10.2. The van der Waals surface area contributed by atoms with Crippen LogP contribution in [0.4, 0.5) is 0 Å². The summed E-state index contributed by atoms with van der Waals surface area (Å²) in [4.78, 5) is 13.5. The van der Waals surface area contributed by atoms with E-state index >= 15 is 0 Å². The van der Waals surface area contributed by atoms with Crippen molar-refractivity contribution in [3.05, 3.63) is 23.8 Å². The highest BCUT2D eigenvalue weighted by Crippen LogP contribution is 2.27. The fourth-order valence-electron chi connectivity index (χ4n) is 2.57. The van der Waals surface area contributed by atoms with E-state index in [-0.39, 0.29) is 11.9 Å². The third kappa shape index (κ3) is 4.11. The Labute approximate surface area is 126 Å². The predicted molar refractivity (Wildman–Crippen MR) is 81.7 cm³/mol. The van der Waals surface area contributed by atoms with Crippen LogP contribution in [-0.4, -0.2) is 44.2 Å². The molecule has 0 saturated carbocycles. The van der Waals surface area contributed by atoms with Gasteiger partial charge >= 0.3 is 0 Å². The predicted octanol–water partition coefficient (Wildman–Crippen LogP) is 1.80. The maximum absolute atomic E-state index is 11.6. The van der Waals surface area contributed by atoms with Gasteiger partial charge in [0.1, 0.15) is 0 Å². The Kier molecular flexibility index (Phi) is 5.44. The van der Waals surface area contributed by atoms with Gasteiger partial charge in [-0.25, -0.2) is 0 Å². The molecule has 1 unspecified atom stereocenters. The second-order valence-electron chi connectivity index (χ2n) is 5.41. The minimum absolute atomic E-state index is 0.264. The molecular weight excluding hydrogens is 268 g/mol. The SMILES string of the molecule is COc1ccc(CNC(C)CN2CCCC2=O)cc1OC. The highest BCUT2D eigenvalue weighted by Gasteiger charge is 2.21. The molecule has 1 aromatic rings. The number of carbonyl (C=O) groups is 1. The normalized spacial score (nSPS) is 16.1. The maximum Gasteiger partial charge on any atom is 0.222 e. The quantitative estimate of drug-likeness (QED) is 0.832. The van der Waals surface area contributed by atoms with E-state index in [9.17, 15) is 4.79 Å². The van der Waals surface area contributed by atoms with Crippen LogP contribution in [0, 0.1) is 0 Å². The summed E-state index contributed by atoms with van der Waals surface area (Å²) in [6.07, 6.45) is 1.68. The first-order valence-electron chi connectivity index (χ1n) is 7.36. The highest BCUT2D eigenvalue weighted by atomic mass is 16.5. The number of methoxy groups -OCH3 is 2. The van der Waals surface area contributed by atoms with Crippen LogP contribution in [-0.2, 0) is 11.3 Å². The molecule has 1 N–H and O–H groups in total. The van der Waals surface area contributed by atoms with E-state index < -0.39 is 0 Å². The largest absolute Gasteiger partial charge is 0.493 e. The van der Waals surface area contributed by atoms with E-state index in [2.05, 4.69) is 12.2 Å². The zero-order valence-electron chi connectivity index (χ0n) is 13.0. The lowest BCUT2D eigenvalue weighted by molar-refractivity contribution is -0.127. The zero-order chi connectivity index (χ0) is 15.2. The first-order valence-corrected chi connectivity index (χ1v) is 7.36. The van der Waals surface area contributed by atoms with Crippen LogP contribution in [0.3, 0.4) is 0 Å². The van der Waals surface area contributed by atoms with Crippen molar-refractivity contribution in [3.8, 4) is 11.5 Å². The Bertz CT molecular complexity index is 490. The van der Waals surface area contributed by atoms with E-state index in [1.165, 1.54) is 0 Å². The second-order valence-corrected chi connectivity index (χ2v) is 5.41. The van der Waals surface area contributed by atoms with Gasteiger partial charge in [0.15, 0.2) is 11.5 Å². The fraction of sp³-hybridized carbons (Fsp3) is 0.562. The molecule has 0 aromatic heterocycles. The van der Waals surface area contributed by atoms with Gasteiger partial charge in [-0.3, -0.25) is 4.79 Å². The molecule has 21 heavy (non-hydrogen) atoms. The van der Waals surface area contributed by atoms with Crippen LogP contribution < -0.4 is 14.8 Å². The lowest BCUT2D eigenvalue weighted by Crippen LogP contribution is -2.39. The number of carbonyl (C=O) groups excluding carboxylic acids is 1. The van der Waals surface area contributed by atoms with Crippen LogP contribution in [0.1, 0.15) is 25.3 Å². The molecule has 2 rings (SSSR count). The zero-order valence-corrected chi connectivity index (χ0v) is 13.0. The number of likely N-dealkylation sites (tertiary alicyclic amines) is 1. The molecule has 1 fully saturated rings. The summed E-state index contributed by atoms with van der Waals surface area (Å²) < 4.78 is 10.5. The van der Waals surface area contributed by atoms with Crippen LogP contribution in [0.25, 0.3) is 0 Å². The summed E-state index contributed by atoms with van der Waals surface area (Å²) in [6.45, 7) is 4.50. The van der Waals surface area contributed by atoms with Gasteiger partial charge in [0.2, 0.25) is 5.91 Å². The van der Waals surface area contributed by atoms with Gasteiger partial charge in [0.25, 0.3) is 0 Å². The number of hydrogen-bond acceptors (Lipinski definition) is 4. The lowest BCUT2D eigenvalue weighted by Gasteiger charge is -2.22. The summed E-state index contributed by atoms with van der Waals surface area (Å²) >= 11 is 0. The van der Waals surface area contributed by atoms with Gasteiger partial charge in [0.05, 0.1) is 14.2 Å². The van der Waals surface area contributed by atoms with Gasteiger partial charge in [-0.05, 0) is 31.0 Å². The standard InChI is InChI=1S/C16H24N2O3/c1-12(11-18-8-4-5-16(18)19)17-10-13-6-7-14(20-2)15(9-13)21-3/h6-7,9,12,17H,4-5,8,10-11H2,1-3H3. The average molecular weight is 292 g/mol. The van der Waals surface area contributed by atoms with Crippen molar-refractivity contribution in [3.63, 3.8) is 0 Å². The topological polar surface area (TPSA) is 50.8 Å². The Morgan fingerprint density at radius 1 is 1.29 bits per heavy atom. The summed E-state index contributed by atoms with van der Waals surface area (Å²) in [6, 6.07) is 6.16. The molecule has 0 aliphatic carbocycles. The van der Waals surface area contributed by atoms with Gasteiger partial charge in [-0.2, -0.15) is 0 Å². The molecule has 1 aliphatic rings. The van der Waals surface area contributed by atoms with Gasteiger partial charge in [0, 0.05) is 32.1 Å². The number of nitrogens with zero attached hydrogens (tertiary/aromatic N) is 1. The van der Waals surface area contributed by atoms with E-state index in [0.717, 1.165) is 43.1 Å². The van der Waals surface area contributed by atoms with Gasteiger partial charge in [-0.1, -0.05) is 6.07 Å². The fourth-order valence-corrected chi connectivity index (χ4v) is 2.57. The van der Waals surface area contributed by atoms with Crippen LogP contribution in [0.2, 0.25) is 0 Å². The van der Waals surface area contributed by atoms with Gasteiger partial charge in [-0.15, -0.1) is 0 Å². The number of ether oxygens (including phenoxy) is 2. The second kappa shape index (κ2) is 7.31. The molecule has 0 spiro atoms. The third-order valence-electron chi connectivity index (χ3n) is 3.77. The van der Waals surface area contributed by atoms with Crippen LogP contribution >= 0.6 is 0 Å². The molecule has 1 heterocycles. The summed E-state index contributed by atoms with van der Waals surface area (Å²) in [5, 5.41) is 3.44. The van der Waals surface area contributed by atoms with Crippen molar-refractivity contribution in [1.29, 1.82) is 0 Å². The van der Waals surface area contributed by atoms with Gasteiger partial charge < -0.3 is 19.7 Å². The monoisotopic (exact) mass is 292 g/mol. The molecule has 0 radical (unpaired) electrons. The first-order chi connectivity index (χ1) is 10.1. The van der Waals surface area contributed by atoms with Crippen LogP contribution in [0.15, 0.2) is 18.2 Å². The third-order valence-corrected chi connectivity index (χ3v) is 3.77.